The largest absolute Gasteiger partial charge is 0.481 e. The molecule has 0 atom stereocenters. The van der Waals surface area contributed by atoms with E-state index in [1.807, 2.05) is 25.1 Å². The molecule has 3 N–H and O–H groups in total. The van der Waals surface area contributed by atoms with Crippen LogP contribution >= 0.6 is 15.9 Å². The minimum atomic E-state index is -0.879. The van der Waals surface area contributed by atoms with Gasteiger partial charge in [-0.25, -0.2) is 4.79 Å². The fourth-order valence-corrected chi connectivity index (χ4v) is 3.17. The summed E-state index contributed by atoms with van der Waals surface area (Å²) in [7, 11) is 0. The molecule has 6 heteroatoms. The lowest BCUT2D eigenvalue weighted by atomic mass is 9.93. The van der Waals surface area contributed by atoms with Crippen LogP contribution in [0.15, 0.2) is 22.7 Å². The molecule has 21 heavy (non-hydrogen) atoms. The number of carboxylic acids is 1. The van der Waals surface area contributed by atoms with Gasteiger partial charge in [-0.3, -0.25) is 4.79 Å². The third kappa shape index (κ3) is 4.20. The Morgan fingerprint density at radius 1 is 1.33 bits per heavy atom. The lowest BCUT2D eigenvalue weighted by Gasteiger charge is -2.28. The molecule has 114 valence electrons. The molecule has 1 saturated carbocycles. The number of hydrogen-bond acceptors (Lipinski definition) is 2. The summed E-state index contributed by atoms with van der Waals surface area (Å²) >= 11 is 3.37. The van der Waals surface area contributed by atoms with E-state index in [0.29, 0.717) is 18.5 Å². The summed E-state index contributed by atoms with van der Waals surface area (Å²) in [6.07, 6.45) is 3.29. The van der Waals surface area contributed by atoms with Gasteiger partial charge in [0, 0.05) is 10.2 Å². The van der Waals surface area contributed by atoms with E-state index in [0.717, 1.165) is 22.9 Å². The number of anilines is 1. The maximum absolute atomic E-state index is 12.2. The lowest BCUT2D eigenvalue weighted by Crippen LogP contribution is -2.49. The van der Waals surface area contributed by atoms with Crippen LogP contribution in [0.3, 0.4) is 0 Å². The molecule has 0 bridgehead atoms. The van der Waals surface area contributed by atoms with Crippen LogP contribution in [0.2, 0.25) is 0 Å². The Morgan fingerprint density at radius 3 is 2.62 bits per heavy atom. The fourth-order valence-electron chi connectivity index (χ4n) is 2.81. The van der Waals surface area contributed by atoms with E-state index in [1.165, 1.54) is 0 Å². The molecule has 5 nitrogen and oxygen atoms in total. The number of halogens is 1. The number of aryl methyl sites for hydroxylation is 1. The Kier molecular flexibility index (Phi) is 4.88. The first-order chi connectivity index (χ1) is 9.90. The number of benzene rings is 1. The molecule has 1 fully saturated rings. The van der Waals surface area contributed by atoms with Crippen molar-refractivity contribution in [3.05, 3.63) is 28.2 Å². The number of nitrogens with one attached hydrogen (secondary N) is 2. The monoisotopic (exact) mass is 354 g/mol. The van der Waals surface area contributed by atoms with Crippen LogP contribution in [-0.2, 0) is 4.79 Å². The SMILES string of the molecule is Cc1ccc(Br)cc1NC(=O)NC1(CC(=O)O)CCCC1. The van der Waals surface area contributed by atoms with Crippen LogP contribution in [0.5, 0.6) is 0 Å². The zero-order valence-electron chi connectivity index (χ0n) is 11.9. The van der Waals surface area contributed by atoms with Gasteiger partial charge in [-0.2, -0.15) is 0 Å². The van der Waals surface area contributed by atoms with E-state index in [1.54, 1.807) is 0 Å². The van der Waals surface area contributed by atoms with Crippen molar-refractivity contribution in [2.45, 2.75) is 44.6 Å². The zero-order valence-corrected chi connectivity index (χ0v) is 13.5. The zero-order chi connectivity index (χ0) is 15.5. The van der Waals surface area contributed by atoms with Gasteiger partial charge in [-0.15, -0.1) is 0 Å². The quantitative estimate of drug-likeness (QED) is 0.771. The van der Waals surface area contributed by atoms with E-state index in [2.05, 4.69) is 26.6 Å². The highest BCUT2D eigenvalue weighted by molar-refractivity contribution is 9.10. The van der Waals surface area contributed by atoms with Crippen molar-refractivity contribution in [2.24, 2.45) is 0 Å². The number of carbonyl (C=O) groups is 2. The van der Waals surface area contributed by atoms with Crippen molar-refractivity contribution in [3.63, 3.8) is 0 Å². The van der Waals surface area contributed by atoms with Gasteiger partial charge in [0.1, 0.15) is 0 Å². The van der Waals surface area contributed by atoms with E-state index in [9.17, 15) is 9.59 Å². The molecular weight excluding hydrogens is 336 g/mol. The first-order valence-corrected chi connectivity index (χ1v) is 7.77. The smallest absolute Gasteiger partial charge is 0.319 e. The Bertz CT molecular complexity index is 554. The summed E-state index contributed by atoms with van der Waals surface area (Å²) in [5, 5.41) is 14.7. The van der Waals surface area contributed by atoms with Crippen molar-refractivity contribution in [2.75, 3.05) is 5.32 Å². The highest BCUT2D eigenvalue weighted by atomic mass is 79.9. The number of carboxylic acid groups (broad SMARTS) is 1. The third-order valence-corrected chi connectivity index (χ3v) is 4.37. The number of aliphatic carboxylic acids is 1. The molecule has 0 saturated heterocycles. The second-order valence-electron chi connectivity index (χ2n) is 5.60. The molecule has 0 heterocycles. The summed E-state index contributed by atoms with van der Waals surface area (Å²) in [5.41, 5.74) is 1.05. The van der Waals surface area contributed by atoms with Crippen molar-refractivity contribution in [1.82, 2.24) is 5.32 Å². The minimum absolute atomic E-state index is 0.0299. The Labute approximate surface area is 132 Å². The normalized spacial score (nSPS) is 16.5. The summed E-state index contributed by atoms with van der Waals surface area (Å²) in [6, 6.07) is 5.29. The molecule has 2 amide bonds. The van der Waals surface area contributed by atoms with Crippen LogP contribution < -0.4 is 10.6 Å². The van der Waals surface area contributed by atoms with E-state index in [4.69, 9.17) is 5.11 Å². The molecule has 0 spiro atoms. The number of carbonyl (C=O) groups excluding carboxylic acids is 1. The van der Waals surface area contributed by atoms with Crippen LogP contribution in [-0.4, -0.2) is 22.6 Å². The number of hydrogen-bond donors (Lipinski definition) is 3. The molecule has 0 aliphatic heterocycles. The van der Waals surface area contributed by atoms with E-state index < -0.39 is 11.5 Å². The maximum Gasteiger partial charge on any atom is 0.319 e. The third-order valence-electron chi connectivity index (χ3n) is 3.88. The Hall–Kier alpha value is -1.56. The number of rotatable bonds is 4. The summed E-state index contributed by atoms with van der Waals surface area (Å²) in [4.78, 5) is 23.2. The minimum Gasteiger partial charge on any atom is -0.481 e. The number of amides is 2. The Morgan fingerprint density at radius 2 is 2.00 bits per heavy atom. The Balaban J connectivity index is 2.06. The van der Waals surface area contributed by atoms with Crippen LogP contribution in [0.4, 0.5) is 10.5 Å². The summed E-state index contributed by atoms with van der Waals surface area (Å²) < 4.78 is 0.879. The maximum atomic E-state index is 12.2. The van der Waals surface area contributed by atoms with Crippen molar-refractivity contribution in [1.29, 1.82) is 0 Å². The number of urea groups is 1. The predicted octanol–water partition coefficient (Wildman–Crippen LogP) is 3.67. The van der Waals surface area contributed by atoms with Gasteiger partial charge in [-0.05, 0) is 37.5 Å². The van der Waals surface area contributed by atoms with Crippen LogP contribution in [0, 0.1) is 6.92 Å². The van der Waals surface area contributed by atoms with Gasteiger partial charge in [0.2, 0.25) is 0 Å². The average Bonchev–Trinajstić information content (AvgIpc) is 2.80. The first kappa shape index (κ1) is 15.8. The van der Waals surface area contributed by atoms with E-state index in [-0.39, 0.29) is 12.5 Å². The molecular formula is C15H19BrN2O3. The first-order valence-electron chi connectivity index (χ1n) is 6.97. The molecule has 2 rings (SSSR count). The molecule has 0 unspecified atom stereocenters. The van der Waals surface area contributed by atoms with E-state index >= 15 is 0 Å². The van der Waals surface area contributed by atoms with Gasteiger partial charge in [0.15, 0.2) is 0 Å². The van der Waals surface area contributed by atoms with Gasteiger partial charge < -0.3 is 15.7 Å². The van der Waals surface area contributed by atoms with Crippen molar-refractivity contribution >= 4 is 33.6 Å². The van der Waals surface area contributed by atoms with Gasteiger partial charge in [0.25, 0.3) is 0 Å². The van der Waals surface area contributed by atoms with Crippen molar-refractivity contribution in [3.8, 4) is 0 Å². The van der Waals surface area contributed by atoms with Gasteiger partial charge >= 0.3 is 12.0 Å². The second-order valence-corrected chi connectivity index (χ2v) is 6.51. The predicted molar refractivity (Wildman–Crippen MR) is 84.5 cm³/mol. The molecule has 1 aromatic carbocycles. The van der Waals surface area contributed by atoms with Crippen LogP contribution in [0.25, 0.3) is 0 Å². The van der Waals surface area contributed by atoms with Gasteiger partial charge in [0.05, 0.1) is 12.0 Å². The highest BCUT2D eigenvalue weighted by Gasteiger charge is 2.37. The highest BCUT2D eigenvalue weighted by Crippen LogP contribution is 2.32. The fraction of sp³-hybridized carbons (Fsp3) is 0.467. The summed E-state index contributed by atoms with van der Waals surface area (Å²) in [5.74, 6) is -0.879. The van der Waals surface area contributed by atoms with Crippen molar-refractivity contribution < 1.29 is 14.7 Å². The summed E-state index contributed by atoms with van der Waals surface area (Å²) in [6.45, 7) is 1.91. The second kappa shape index (κ2) is 6.47. The standard InChI is InChI=1S/C15H19BrN2O3/c1-10-4-5-11(16)8-12(10)17-14(21)18-15(9-13(19)20)6-2-3-7-15/h4-5,8H,2-3,6-7,9H2,1H3,(H,19,20)(H2,17,18,21). The lowest BCUT2D eigenvalue weighted by molar-refractivity contribution is -0.138. The topological polar surface area (TPSA) is 78.4 Å². The molecule has 0 radical (unpaired) electrons. The molecule has 0 aromatic heterocycles. The average molecular weight is 355 g/mol. The molecule has 1 aromatic rings. The van der Waals surface area contributed by atoms with Crippen LogP contribution in [0.1, 0.15) is 37.7 Å². The van der Waals surface area contributed by atoms with Gasteiger partial charge in [-0.1, -0.05) is 34.8 Å². The molecule has 1 aliphatic carbocycles. The molecule has 1 aliphatic rings.